The predicted octanol–water partition coefficient (Wildman–Crippen LogP) is 1.65. The van der Waals surface area contributed by atoms with Crippen molar-refractivity contribution >= 4 is 11.6 Å². The van der Waals surface area contributed by atoms with Crippen molar-refractivity contribution in [3.63, 3.8) is 0 Å². The molecule has 0 aliphatic carbocycles. The molecule has 0 atom stereocenters. The molecule has 0 fully saturated rings. The largest absolute Gasteiger partial charge is 0.345 e. The number of amides is 1. The van der Waals surface area contributed by atoms with Crippen LogP contribution in [0.4, 0.5) is 0 Å². The highest BCUT2D eigenvalue weighted by Gasteiger charge is 2.06. The molecule has 4 heteroatoms. The number of nitrogens with one attached hydrogen (secondary N) is 1. The van der Waals surface area contributed by atoms with E-state index >= 15 is 0 Å². The highest BCUT2D eigenvalue weighted by atomic mass is 16.1. The molecule has 1 amide bonds. The molecule has 4 nitrogen and oxygen atoms in total. The quantitative estimate of drug-likeness (QED) is 0.801. The zero-order chi connectivity index (χ0) is 12.7. The first kappa shape index (κ1) is 13.1. The van der Waals surface area contributed by atoms with Gasteiger partial charge in [-0.3, -0.25) is 14.8 Å². The van der Waals surface area contributed by atoms with Gasteiger partial charge in [-0.2, -0.15) is 0 Å². The summed E-state index contributed by atoms with van der Waals surface area (Å²) < 4.78 is 0. The Morgan fingerprint density at radius 1 is 1.53 bits per heavy atom. The molecule has 90 valence electrons. The van der Waals surface area contributed by atoms with E-state index in [2.05, 4.69) is 15.3 Å². The second-order valence-corrected chi connectivity index (χ2v) is 3.62. The second-order valence-electron chi connectivity index (χ2n) is 3.62. The molecule has 0 unspecified atom stereocenters. The Bertz CT molecular complexity index is 432. The van der Waals surface area contributed by atoms with Crippen molar-refractivity contribution in [2.24, 2.45) is 4.99 Å². The molecular weight excluding hydrogens is 214 g/mol. The Labute approximate surface area is 101 Å². The number of allylic oxidation sites excluding steroid dienone is 1. The van der Waals surface area contributed by atoms with Crippen molar-refractivity contribution in [3.8, 4) is 0 Å². The average Bonchev–Trinajstić information content (AvgIpc) is 2.35. The number of aromatic nitrogens is 1. The van der Waals surface area contributed by atoms with Gasteiger partial charge in [0, 0.05) is 13.2 Å². The molecule has 1 heterocycles. The zero-order valence-electron chi connectivity index (χ0n) is 10.4. The van der Waals surface area contributed by atoms with E-state index in [1.807, 2.05) is 26.0 Å². The lowest BCUT2D eigenvalue weighted by molar-refractivity contribution is -0.114. The minimum atomic E-state index is -0.187. The van der Waals surface area contributed by atoms with Crippen molar-refractivity contribution in [2.45, 2.75) is 20.4 Å². The molecule has 0 saturated carbocycles. The third-order valence-corrected chi connectivity index (χ3v) is 2.20. The van der Waals surface area contributed by atoms with Crippen LogP contribution in [0.2, 0.25) is 0 Å². The van der Waals surface area contributed by atoms with Crippen LogP contribution < -0.4 is 5.32 Å². The van der Waals surface area contributed by atoms with Crippen molar-refractivity contribution in [3.05, 3.63) is 41.7 Å². The van der Waals surface area contributed by atoms with E-state index in [1.165, 1.54) is 0 Å². The Balaban J connectivity index is 2.56. The van der Waals surface area contributed by atoms with E-state index in [-0.39, 0.29) is 5.91 Å². The summed E-state index contributed by atoms with van der Waals surface area (Å²) in [5, 5.41) is 2.77. The monoisotopic (exact) mass is 231 g/mol. The molecule has 0 radical (unpaired) electrons. The number of rotatable bonds is 4. The summed E-state index contributed by atoms with van der Waals surface area (Å²) in [5.74, 6) is -0.187. The number of aryl methyl sites for hydroxylation is 1. The summed E-state index contributed by atoms with van der Waals surface area (Å²) in [6.45, 7) is 4.24. The van der Waals surface area contributed by atoms with Crippen LogP contribution in [0, 0.1) is 6.92 Å². The van der Waals surface area contributed by atoms with Crippen LogP contribution >= 0.6 is 0 Å². The minimum Gasteiger partial charge on any atom is -0.345 e. The fourth-order valence-electron chi connectivity index (χ4n) is 1.27. The van der Waals surface area contributed by atoms with Crippen LogP contribution in [0.5, 0.6) is 0 Å². The number of carbonyl (C=O) groups is 1. The smallest absolute Gasteiger partial charge is 0.269 e. The van der Waals surface area contributed by atoms with Gasteiger partial charge in [-0.05, 0) is 31.6 Å². The topological polar surface area (TPSA) is 54.4 Å². The van der Waals surface area contributed by atoms with Crippen molar-refractivity contribution in [2.75, 3.05) is 7.05 Å². The molecule has 1 aromatic rings. The van der Waals surface area contributed by atoms with E-state index in [0.29, 0.717) is 12.3 Å². The van der Waals surface area contributed by atoms with E-state index in [0.717, 1.165) is 11.3 Å². The van der Waals surface area contributed by atoms with Gasteiger partial charge in [-0.25, -0.2) is 0 Å². The summed E-state index contributed by atoms with van der Waals surface area (Å²) in [4.78, 5) is 19.8. The average molecular weight is 231 g/mol. The summed E-state index contributed by atoms with van der Waals surface area (Å²) in [7, 11) is 1.60. The van der Waals surface area contributed by atoms with Crippen LogP contribution in [0.3, 0.4) is 0 Å². The molecule has 0 aromatic carbocycles. The van der Waals surface area contributed by atoms with Gasteiger partial charge >= 0.3 is 0 Å². The van der Waals surface area contributed by atoms with Gasteiger partial charge in [-0.15, -0.1) is 0 Å². The van der Waals surface area contributed by atoms with E-state index in [4.69, 9.17) is 0 Å². The van der Waals surface area contributed by atoms with Gasteiger partial charge in [0.15, 0.2) is 0 Å². The summed E-state index contributed by atoms with van der Waals surface area (Å²) in [6.07, 6.45) is 5.24. The van der Waals surface area contributed by atoms with Gasteiger partial charge in [0.25, 0.3) is 5.91 Å². The minimum absolute atomic E-state index is 0.187. The van der Waals surface area contributed by atoms with Gasteiger partial charge in [-0.1, -0.05) is 12.1 Å². The summed E-state index contributed by atoms with van der Waals surface area (Å²) in [5.41, 5.74) is 2.35. The molecule has 0 bridgehead atoms. The Morgan fingerprint density at radius 2 is 2.29 bits per heavy atom. The maximum absolute atomic E-state index is 11.7. The van der Waals surface area contributed by atoms with Crippen LogP contribution in [0.15, 0.2) is 35.5 Å². The fourth-order valence-corrected chi connectivity index (χ4v) is 1.27. The Kier molecular flexibility index (Phi) is 5.07. The first-order chi connectivity index (χ1) is 8.17. The van der Waals surface area contributed by atoms with E-state index in [9.17, 15) is 4.79 Å². The highest BCUT2D eigenvalue weighted by molar-refractivity contribution is 6.43. The van der Waals surface area contributed by atoms with E-state index in [1.54, 1.807) is 25.4 Å². The van der Waals surface area contributed by atoms with Crippen LogP contribution in [0.25, 0.3) is 0 Å². The number of hydrogen-bond donors (Lipinski definition) is 1. The normalized spacial score (nSPS) is 11.8. The lowest BCUT2D eigenvalue weighted by atomic mass is 10.2. The van der Waals surface area contributed by atoms with Crippen LogP contribution in [0.1, 0.15) is 18.2 Å². The summed E-state index contributed by atoms with van der Waals surface area (Å²) in [6, 6.07) is 3.86. The van der Waals surface area contributed by atoms with E-state index < -0.39 is 0 Å². The standard InChI is InChI=1S/C13H17N3O/c1-4-5-12(14-3)13(17)16-9-11-7-6-10(2)8-15-11/h4-8H,9H2,1-3H3,(H,16,17)/b5-4-,14-12?. The molecule has 17 heavy (non-hydrogen) atoms. The second kappa shape index (κ2) is 6.58. The lowest BCUT2D eigenvalue weighted by Crippen LogP contribution is -2.29. The molecule has 0 spiro atoms. The molecule has 1 rings (SSSR count). The van der Waals surface area contributed by atoms with Crippen molar-refractivity contribution in [1.82, 2.24) is 10.3 Å². The first-order valence-electron chi connectivity index (χ1n) is 5.46. The van der Waals surface area contributed by atoms with Crippen molar-refractivity contribution < 1.29 is 4.79 Å². The number of carbonyl (C=O) groups excluding carboxylic acids is 1. The number of nitrogens with zero attached hydrogens (tertiary/aromatic N) is 2. The maximum Gasteiger partial charge on any atom is 0.269 e. The number of pyridine rings is 1. The Morgan fingerprint density at radius 3 is 2.82 bits per heavy atom. The molecule has 0 aliphatic heterocycles. The third kappa shape index (κ3) is 4.18. The zero-order valence-corrected chi connectivity index (χ0v) is 10.4. The predicted molar refractivity (Wildman–Crippen MR) is 69.0 cm³/mol. The van der Waals surface area contributed by atoms with Gasteiger partial charge in [0.2, 0.25) is 0 Å². The van der Waals surface area contributed by atoms with Gasteiger partial charge in [0.05, 0.1) is 12.2 Å². The SMILES string of the molecule is C/C=C\C(=NC)C(=O)NCc1ccc(C)cn1. The molecule has 0 aliphatic rings. The maximum atomic E-state index is 11.7. The molecular formula is C13H17N3O. The number of aliphatic imine (C=N–C) groups is 1. The van der Waals surface area contributed by atoms with Gasteiger partial charge < -0.3 is 5.32 Å². The lowest BCUT2D eigenvalue weighted by Gasteiger charge is -2.04. The summed E-state index contributed by atoms with van der Waals surface area (Å²) >= 11 is 0. The number of hydrogen-bond acceptors (Lipinski definition) is 3. The van der Waals surface area contributed by atoms with Crippen molar-refractivity contribution in [1.29, 1.82) is 0 Å². The molecule has 1 aromatic heterocycles. The third-order valence-electron chi connectivity index (χ3n) is 2.20. The first-order valence-corrected chi connectivity index (χ1v) is 5.46. The molecule has 0 saturated heterocycles. The fraction of sp³-hybridized carbons (Fsp3) is 0.308. The Hall–Kier alpha value is -1.97. The van der Waals surface area contributed by atoms with Crippen LogP contribution in [-0.4, -0.2) is 23.7 Å². The molecule has 1 N–H and O–H groups in total. The highest BCUT2D eigenvalue weighted by Crippen LogP contribution is 1.98. The van der Waals surface area contributed by atoms with Crippen LogP contribution in [-0.2, 0) is 11.3 Å². The van der Waals surface area contributed by atoms with Gasteiger partial charge in [0.1, 0.15) is 5.71 Å².